The van der Waals surface area contributed by atoms with Crippen molar-refractivity contribution in [3.63, 3.8) is 0 Å². The van der Waals surface area contributed by atoms with Gasteiger partial charge in [-0.1, -0.05) is 11.6 Å². The van der Waals surface area contributed by atoms with Crippen molar-refractivity contribution in [1.29, 1.82) is 0 Å². The zero-order valence-electron chi connectivity index (χ0n) is 9.45. The molecule has 2 aliphatic rings. The summed E-state index contributed by atoms with van der Waals surface area (Å²) in [7, 11) is 0. The number of hydrogen-bond acceptors (Lipinski definition) is 4. The molecule has 1 aromatic rings. The molecule has 0 radical (unpaired) electrons. The molecule has 0 aromatic heterocycles. The summed E-state index contributed by atoms with van der Waals surface area (Å²) in [6.07, 6.45) is -0.735. The standard InChI is InChI=1S/C12H12ClNO2S2/c13-7-1-3-8(4-2-7)14-11(15)9-10(12(14)16)18-6-5-17-9/h1-4,9-11,15H,5-6H2. The van der Waals surface area contributed by atoms with Gasteiger partial charge in [0.25, 0.3) is 0 Å². The lowest BCUT2D eigenvalue weighted by atomic mass is 10.3. The molecule has 1 aromatic carbocycles. The fraction of sp³-hybridized carbons (Fsp3) is 0.417. The maximum Gasteiger partial charge on any atom is 0.243 e. The second-order valence-electron chi connectivity index (χ2n) is 4.23. The summed E-state index contributed by atoms with van der Waals surface area (Å²) in [6, 6.07) is 7.02. The molecule has 0 saturated carbocycles. The van der Waals surface area contributed by atoms with Gasteiger partial charge in [-0.25, -0.2) is 0 Å². The highest BCUT2D eigenvalue weighted by Crippen LogP contribution is 2.42. The molecule has 3 nitrogen and oxygen atoms in total. The van der Waals surface area contributed by atoms with Gasteiger partial charge in [0, 0.05) is 22.2 Å². The predicted molar refractivity (Wildman–Crippen MR) is 77.4 cm³/mol. The Balaban J connectivity index is 1.92. The van der Waals surface area contributed by atoms with Crippen molar-refractivity contribution in [2.45, 2.75) is 16.7 Å². The van der Waals surface area contributed by atoms with Crippen LogP contribution in [-0.4, -0.2) is 39.2 Å². The van der Waals surface area contributed by atoms with Gasteiger partial charge < -0.3 is 5.11 Å². The fourth-order valence-corrected chi connectivity index (χ4v) is 5.36. The molecule has 1 amide bonds. The summed E-state index contributed by atoms with van der Waals surface area (Å²) >= 11 is 9.18. The van der Waals surface area contributed by atoms with Crippen LogP contribution in [0, 0.1) is 0 Å². The van der Waals surface area contributed by atoms with Crippen molar-refractivity contribution in [3.8, 4) is 0 Å². The number of nitrogens with zero attached hydrogens (tertiary/aromatic N) is 1. The van der Waals surface area contributed by atoms with Crippen LogP contribution in [0.25, 0.3) is 0 Å². The molecule has 3 atom stereocenters. The number of hydrogen-bond donors (Lipinski definition) is 1. The Labute approximate surface area is 119 Å². The number of fused-ring (bicyclic) bond motifs is 1. The molecule has 2 aliphatic heterocycles. The number of carbonyl (C=O) groups excluding carboxylic acids is 1. The fourth-order valence-electron chi connectivity index (χ4n) is 2.29. The Morgan fingerprint density at radius 2 is 1.89 bits per heavy atom. The highest BCUT2D eigenvalue weighted by Gasteiger charge is 2.49. The topological polar surface area (TPSA) is 40.5 Å². The Kier molecular flexibility index (Phi) is 3.49. The Morgan fingerprint density at radius 1 is 1.22 bits per heavy atom. The smallest absolute Gasteiger partial charge is 0.243 e. The number of rotatable bonds is 1. The highest BCUT2D eigenvalue weighted by atomic mass is 35.5. The zero-order valence-corrected chi connectivity index (χ0v) is 11.8. The molecular formula is C12H12ClNO2S2. The Hall–Kier alpha value is -0.360. The number of thioether (sulfide) groups is 2. The molecular weight excluding hydrogens is 290 g/mol. The van der Waals surface area contributed by atoms with E-state index in [0.717, 1.165) is 11.5 Å². The van der Waals surface area contributed by atoms with Crippen LogP contribution in [0.4, 0.5) is 5.69 Å². The minimum Gasteiger partial charge on any atom is -0.372 e. The van der Waals surface area contributed by atoms with Gasteiger partial charge >= 0.3 is 0 Å². The van der Waals surface area contributed by atoms with Crippen LogP contribution in [0.3, 0.4) is 0 Å². The van der Waals surface area contributed by atoms with Gasteiger partial charge in [0.2, 0.25) is 5.91 Å². The summed E-state index contributed by atoms with van der Waals surface area (Å²) < 4.78 is 0. The number of amides is 1. The number of anilines is 1. The summed E-state index contributed by atoms with van der Waals surface area (Å²) in [5.74, 6) is 1.97. The number of halogens is 1. The third-order valence-corrected chi connectivity index (χ3v) is 6.45. The molecule has 3 rings (SSSR count). The van der Waals surface area contributed by atoms with Crippen molar-refractivity contribution < 1.29 is 9.90 Å². The van der Waals surface area contributed by atoms with Crippen LogP contribution >= 0.6 is 35.1 Å². The van der Waals surface area contributed by atoms with Crippen LogP contribution < -0.4 is 4.90 Å². The van der Waals surface area contributed by atoms with Crippen molar-refractivity contribution in [2.24, 2.45) is 0 Å². The average Bonchev–Trinajstić information content (AvgIpc) is 2.64. The number of aliphatic hydroxyl groups excluding tert-OH is 1. The van der Waals surface area contributed by atoms with E-state index in [9.17, 15) is 9.90 Å². The van der Waals surface area contributed by atoms with Crippen LogP contribution in [0.2, 0.25) is 5.02 Å². The lowest BCUT2D eigenvalue weighted by Crippen LogP contribution is -2.36. The molecule has 2 heterocycles. The normalized spacial score (nSPS) is 31.6. The molecule has 2 fully saturated rings. The van der Waals surface area contributed by atoms with E-state index in [1.165, 1.54) is 4.90 Å². The summed E-state index contributed by atoms with van der Waals surface area (Å²) in [5.41, 5.74) is 0.715. The van der Waals surface area contributed by atoms with Gasteiger partial charge in [-0.05, 0) is 24.3 Å². The van der Waals surface area contributed by atoms with E-state index in [0.29, 0.717) is 10.7 Å². The average molecular weight is 302 g/mol. The number of carbonyl (C=O) groups is 1. The van der Waals surface area contributed by atoms with E-state index in [2.05, 4.69) is 0 Å². The first kappa shape index (κ1) is 12.7. The van der Waals surface area contributed by atoms with Gasteiger partial charge in [-0.2, -0.15) is 11.8 Å². The monoisotopic (exact) mass is 301 g/mol. The molecule has 0 aliphatic carbocycles. The molecule has 3 unspecified atom stereocenters. The minimum absolute atomic E-state index is 0.00650. The largest absolute Gasteiger partial charge is 0.372 e. The van der Waals surface area contributed by atoms with Crippen molar-refractivity contribution in [3.05, 3.63) is 29.3 Å². The van der Waals surface area contributed by atoms with Gasteiger partial charge in [0.1, 0.15) is 11.5 Å². The van der Waals surface area contributed by atoms with Crippen LogP contribution in [-0.2, 0) is 4.79 Å². The van der Waals surface area contributed by atoms with E-state index < -0.39 is 6.23 Å². The molecule has 0 bridgehead atoms. The first-order valence-corrected chi connectivity index (χ1v) is 8.16. The molecule has 1 N–H and O–H groups in total. The SMILES string of the molecule is O=C1C2SCCSC2C(O)N1c1ccc(Cl)cc1. The lowest BCUT2D eigenvalue weighted by molar-refractivity contribution is -0.117. The first-order chi connectivity index (χ1) is 8.68. The second-order valence-corrected chi connectivity index (χ2v) is 7.20. The van der Waals surface area contributed by atoms with E-state index in [1.54, 1.807) is 47.8 Å². The quantitative estimate of drug-likeness (QED) is 0.863. The van der Waals surface area contributed by atoms with E-state index in [1.807, 2.05) is 0 Å². The van der Waals surface area contributed by atoms with E-state index >= 15 is 0 Å². The van der Waals surface area contributed by atoms with Crippen molar-refractivity contribution in [2.75, 3.05) is 16.4 Å². The number of benzene rings is 1. The first-order valence-electron chi connectivity index (χ1n) is 5.68. The van der Waals surface area contributed by atoms with Gasteiger partial charge in [0.05, 0.1) is 5.25 Å². The lowest BCUT2D eigenvalue weighted by Gasteiger charge is -2.24. The van der Waals surface area contributed by atoms with E-state index in [-0.39, 0.29) is 16.4 Å². The maximum absolute atomic E-state index is 12.3. The zero-order chi connectivity index (χ0) is 12.7. The summed E-state index contributed by atoms with van der Waals surface area (Å²) in [5, 5.41) is 10.8. The van der Waals surface area contributed by atoms with Crippen LogP contribution in [0.5, 0.6) is 0 Å². The third kappa shape index (κ3) is 2.03. The molecule has 6 heteroatoms. The number of aliphatic hydroxyl groups is 1. The van der Waals surface area contributed by atoms with Crippen LogP contribution in [0.15, 0.2) is 24.3 Å². The van der Waals surface area contributed by atoms with Crippen molar-refractivity contribution in [1.82, 2.24) is 0 Å². The van der Waals surface area contributed by atoms with Crippen LogP contribution in [0.1, 0.15) is 0 Å². The van der Waals surface area contributed by atoms with Gasteiger partial charge in [-0.3, -0.25) is 9.69 Å². The molecule has 18 heavy (non-hydrogen) atoms. The van der Waals surface area contributed by atoms with Gasteiger partial charge in [0.15, 0.2) is 0 Å². The minimum atomic E-state index is -0.735. The maximum atomic E-state index is 12.3. The second kappa shape index (κ2) is 4.96. The van der Waals surface area contributed by atoms with Crippen molar-refractivity contribution >= 4 is 46.7 Å². The summed E-state index contributed by atoms with van der Waals surface area (Å²) in [6.45, 7) is 0. The summed E-state index contributed by atoms with van der Waals surface area (Å²) in [4.78, 5) is 13.8. The van der Waals surface area contributed by atoms with E-state index in [4.69, 9.17) is 11.6 Å². The Morgan fingerprint density at radius 3 is 2.56 bits per heavy atom. The highest BCUT2D eigenvalue weighted by molar-refractivity contribution is 8.07. The predicted octanol–water partition coefficient (Wildman–Crippen LogP) is 2.22. The Bertz CT molecular complexity index is 468. The van der Waals surface area contributed by atoms with Gasteiger partial charge in [-0.15, -0.1) is 11.8 Å². The molecule has 2 saturated heterocycles. The molecule has 0 spiro atoms. The third-order valence-electron chi connectivity index (χ3n) is 3.13. The molecule has 96 valence electrons.